The number of thioether (sulfide) groups is 1. The number of nitrogens with zero attached hydrogens (tertiary/aromatic N) is 1. The summed E-state index contributed by atoms with van der Waals surface area (Å²) in [7, 11) is 0. The number of thiophene rings is 1. The SMILES string of the molecule is O=C1CSC(c2cccs2)N1CC1CCCO1. The summed E-state index contributed by atoms with van der Waals surface area (Å²) in [5, 5.41) is 2.29. The van der Waals surface area contributed by atoms with Crippen molar-refractivity contribution in [3.63, 3.8) is 0 Å². The van der Waals surface area contributed by atoms with Crippen LogP contribution in [0.25, 0.3) is 0 Å². The topological polar surface area (TPSA) is 29.5 Å². The second kappa shape index (κ2) is 5.00. The van der Waals surface area contributed by atoms with E-state index in [1.54, 1.807) is 23.1 Å². The molecule has 92 valence electrons. The van der Waals surface area contributed by atoms with E-state index in [0.29, 0.717) is 5.75 Å². The monoisotopic (exact) mass is 269 g/mol. The van der Waals surface area contributed by atoms with Crippen molar-refractivity contribution < 1.29 is 9.53 Å². The van der Waals surface area contributed by atoms with Crippen molar-refractivity contribution in [1.29, 1.82) is 0 Å². The van der Waals surface area contributed by atoms with Gasteiger partial charge in [0.25, 0.3) is 0 Å². The molecule has 0 saturated carbocycles. The van der Waals surface area contributed by atoms with Crippen LogP contribution >= 0.6 is 23.1 Å². The summed E-state index contributed by atoms with van der Waals surface area (Å²) in [5.41, 5.74) is 0. The number of carbonyl (C=O) groups excluding carboxylic acids is 1. The van der Waals surface area contributed by atoms with E-state index in [-0.39, 0.29) is 17.4 Å². The summed E-state index contributed by atoms with van der Waals surface area (Å²) in [5.74, 6) is 0.860. The van der Waals surface area contributed by atoms with E-state index in [1.807, 2.05) is 11.0 Å². The van der Waals surface area contributed by atoms with Crippen LogP contribution in [0.3, 0.4) is 0 Å². The van der Waals surface area contributed by atoms with Crippen LogP contribution in [-0.2, 0) is 9.53 Å². The maximum Gasteiger partial charge on any atom is 0.233 e. The zero-order valence-corrected chi connectivity index (χ0v) is 11.1. The Bertz CT molecular complexity index is 387. The summed E-state index contributed by atoms with van der Waals surface area (Å²) >= 11 is 3.46. The number of amides is 1. The highest BCUT2D eigenvalue weighted by atomic mass is 32.2. The van der Waals surface area contributed by atoms with Crippen molar-refractivity contribution in [2.45, 2.75) is 24.3 Å². The minimum absolute atomic E-state index is 0.215. The van der Waals surface area contributed by atoms with Gasteiger partial charge in [0.15, 0.2) is 0 Å². The van der Waals surface area contributed by atoms with Crippen LogP contribution in [0.15, 0.2) is 17.5 Å². The lowest BCUT2D eigenvalue weighted by molar-refractivity contribution is -0.129. The smallest absolute Gasteiger partial charge is 0.233 e. The Balaban J connectivity index is 1.72. The molecule has 5 heteroatoms. The fourth-order valence-corrected chi connectivity index (χ4v) is 4.51. The Morgan fingerprint density at radius 3 is 3.18 bits per heavy atom. The van der Waals surface area contributed by atoms with Gasteiger partial charge in [-0.15, -0.1) is 23.1 Å². The van der Waals surface area contributed by atoms with Gasteiger partial charge >= 0.3 is 0 Å². The van der Waals surface area contributed by atoms with Gasteiger partial charge in [-0.25, -0.2) is 0 Å². The predicted octanol–water partition coefficient (Wildman–Crippen LogP) is 2.50. The van der Waals surface area contributed by atoms with E-state index in [2.05, 4.69) is 11.4 Å². The Morgan fingerprint density at radius 1 is 1.53 bits per heavy atom. The molecule has 2 aliphatic rings. The highest BCUT2D eigenvalue weighted by Crippen LogP contribution is 2.41. The van der Waals surface area contributed by atoms with Gasteiger partial charge in [0, 0.05) is 18.0 Å². The molecule has 1 aromatic rings. The van der Waals surface area contributed by atoms with Crippen LogP contribution in [0, 0.1) is 0 Å². The lowest BCUT2D eigenvalue weighted by atomic mass is 10.2. The van der Waals surface area contributed by atoms with E-state index in [9.17, 15) is 4.79 Å². The molecule has 1 aromatic heterocycles. The van der Waals surface area contributed by atoms with Crippen LogP contribution in [0.5, 0.6) is 0 Å². The zero-order valence-electron chi connectivity index (χ0n) is 9.50. The van der Waals surface area contributed by atoms with E-state index < -0.39 is 0 Å². The minimum Gasteiger partial charge on any atom is -0.376 e. The van der Waals surface area contributed by atoms with Crippen molar-refractivity contribution in [3.8, 4) is 0 Å². The van der Waals surface area contributed by atoms with Gasteiger partial charge in [-0.05, 0) is 24.3 Å². The van der Waals surface area contributed by atoms with Crippen molar-refractivity contribution in [2.24, 2.45) is 0 Å². The molecule has 0 spiro atoms. The van der Waals surface area contributed by atoms with Crippen LogP contribution in [-0.4, -0.2) is 35.8 Å². The highest BCUT2D eigenvalue weighted by molar-refractivity contribution is 8.00. The Kier molecular flexibility index (Phi) is 3.40. The summed E-state index contributed by atoms with van der Waals surface area (Å²) in [4.78, 5) is 15.2. The van der Waals surface area contributed by atoms with E-state index in [1.165, 1.54) is 4.88 Å². The van der Waals surface area contributed by atoms with Gasteiger partial charge in [-0.3, -0.25) is 4.79 Å². The van der Waals surface area contributed by atoms with Crippen molar-refractivity contribution in [2.75, 3.05) is 18.9 Å². The van der Waals surface area contributed by atoms with Crippen LogP contribution < -0.4 is 0 Å². The third kappa shape index (κ3) is 2.37. The standard InChI is InChI=1S/C12H15NO2S2/c14-11-8-17-12(10-4-2-6-16-10)13(11)7-9-3-1-5-15-9/h2,4,6,9,12H,1,3,5,7-8H2. The van der Waals surface area contributed by atoms with Gasteiger partial charge in [0.2, 0.25) is 5.91 Å². The van der Waals surface area contributed by atoms with Gasteiger partial charge in [-0.2, -0.15) is 0 Å². The molecule has 0 aromatic carbocycles. The number of rotatable bonds is 3. The molecule has 2 fully saturated rings. The van der Waals surface area contributed by atoms with E-state index >= 15 is 0 Å². The summed E-state index contributed by atoms with van der Waals surface area (Å²) in [6.07, 6.45) is 2.47. The molecule has 0 aliphatic carbocycles. The lowest BCUT2D eigenvalue weighted by Crippen LogP contribution is -2.35. The maximum atomic E-state index is 11.9. The zero-order chi connectivity index (χ0) is 11.7. The first kappa shape index (κ1) is 11.6. The Morgan fingerprint density at radius 2 is 2.47 bits per heavy atom. The van der Waals surface area contributed by atoms with Crippen molar-refractivity contribution in [3.05, 3.63) is 22.4 Å². The number of hydrogen-bond donors (Lipinski definition) is 0. The first-order valence-corrected chi connectivity index (χ1v) is 7.83. The third-order valence-corrected chi connectivity index (χ3v) is 5.49. The molecule has 3 rings (SSSR count). The summed E-state index contributed by atoms with van der Waals surface area (Å²) in [6.45, 7) is 1.61. The Hall–Kier alpha value is -0.520. The third-order valence-electron chi connectivity index (χ3n) is 3.18. The first-order chi connectivity index (χ1) is 8.34. The molecule has 2 unspecified atom stereocenters. The van der Waals surface area contributed by atoms with Gasteiger partial charge in [0.05, 0.1) is 11.9 Å². The fourth-order valence-electron chi connectivity index (χ4n) is 2.33. The van der Waals surface area contributed by atoms with Crippen LogP contribution in [0.2, 0.25) is 0 Å². The van der Waals surface area contributed by atoms with E-state index in [0.717, 1.165) is 26.0 Å². The van der Waals surface area contributed by atoms with Crippen molar-refractivity contribution in [1.82, 2.24) is 4.90 Å². The van der Waals surface area contributed by atoms with E-state index in [4.69, 9.17) is 4.74 Å². The molecule has 0 N–H and O–H groups in total. The van der Waals surface area contributed by atoms with Crippen LogP contribution in [0.1, 0.15) is 23.1 Å². The molecular formula is C12H15NO2S2. The average Bonchev–Trinajstić information content (AvgIpc) is 3.03. The predicted molar refractivity (Wildman–Crippen MR) is 70.2 cm³/mol. The Labute approximate surface area is 109 Å². The first-order valence-electron chi connectivity index (χ1n) is 5.90. The quantitative estimate of drug-likeness (QED) is 0.844. The second-order valence-electron chi connectivity index (χ2n) is 4.36. The molecule has 0 radical (unpaired) electrons. The minimum atomic E-state index is 0.215. The molecular weight excluding hydrogens is 254 g/mol. The molecule has 1 amide bonds. The van der Waals surface area contributed by atoms with Crippen molar-refractivity contribution >= 4 is 29.0 Å². The molecule has 3 nitrogen and oxygen atoms in total. The fraction of sp³-hybridized carbons (Fsp3) is 0.583. The van der Waals surface area contributed by atoms with Gasteiger partial charge < -0.3 is 9.64 Å². The van der Waals surface area contributed by atoms with Gasteiger partial charge in [-0.1, -0.05) is 6.07 Å². The summed E-state index contributed by atoms with van der Waals surface area (Å²) in [6, 6.07) is 4.16. The average molecular weight is 269 g/mol. The molecule has 0 bridgehead atoms. The lowest BCUT2D eigenvalue weighted by Gasteiger charge is -2.25. The molecule has 3 heterocycles. The molecule has 2 atom stereocenters. The largest absolute Gasteiger partial charge is 0.376 e. The maximum absolute atomic E-state index is 11.9. The molecule has 17 heavy (non-hydrogen) atoms. The second-order valence-corrected chi connectivity index (χ2v) is 6.41. The van der Waals surface area contributed by atoms with Gasteiger partial charge in [0.1, 0.15) is 5.37 Å². The number of carbonyl (C=O) groups is 1. The molecule has 2 saturated heterocycles. The highest BCUT2D eigenvalue weighted by Gasteiger charge is 2.35. The number of hydrogen-bond acceptors (Lipinski definition) is 4. The normalized spacial score (nSPS) is 29.2. The molecule has 2 aliphatic heterocycles. The summed E-state index contributed by atoms with van der Waals surface area (Å²) < 4.78 is 5.63. The van der Waals surface area contributed by atoms with Crippen LogP contribution in [0.4, 0.5) is 0 Å². The number of ether oxygens (including phenoxy) is 1.